The van der Waals surface area contributed by atoms with Crippen molar-refractivity contribution in [1.82, 2.24) is 15.2 Å². The van der Waals surface area contributed by atoms with Crippen LogP contribution in [0.4, 0.5) is 4.39 Å². The van der Waals surface area contributed by atoms with Crippen LogP contribution in [0.5, 0.6) is 0 Å². The topological polar surface area (TPSA) is 45.2 Å². The van der Waals surface area contributed by atoms with Crippen LogP contribution in [-0.2, 0) is 11.2 Å². The number of carbonyl (C=O) groups excluding carboxylic acids is 1. The number of hydrogen-bond acceptors (Lipinski definition) is 3. The summed E-state index contributed by atoms with van der Waals surface area (Å²) in [5, 5.41) is 3.29. The van der Waals surface area contributed by atoms with Crippen molar-refractivity contribution in [3.8, 4) is 0 Å². The SMILES string of the molecule is O=C(CCc1ccncc1)N1CCNCC1c1cccc(F)c1. The molecule has 5 heteroatoms. The predicted octanol–water partition coefficient (Wildman–Crippen LogP) is 2.33. The van der Waals surface area contributed by atoms with Gasteiger partial charge in [-0.1, -0.05) is 12.1 Å². The zero-order valence-electron chi connectivity index (χ0n) is 12.9. The van der Waals surface area contributed by atoms with Crippen LogP contribution in [0.1, 0.15) is 23.6 Å². The van der Waals surface area contributed by atoms with Crippen LogP contribution >= 0.6 is 0 Å². The summed E-state index contributed by atoms with van der Waals surface area (Å²) < 4.78 is 13.5. The van der Waals surface area contributed by atoms with Crippen molar-refractivity contribution in [2.45, 2.75) is 18.9 Å². The van der Waals surface area contributed by atoms with Gasteiger partial charge in [0.15, 0.2) is 0 Å². The van der Waals surface area contributed by atoms with Gasteiger partial charge in [0.05, 0.1) is 6.04 Å². The van der Waals surface area contributed by atoms with Gasteiger partial charge in [-0.25, -0.2) is 4.39 Å². The van der Waals surface area contributed by atoms with Crippen molar-refractivity contribution in [3.63, 3.8) is 0 Å². The molecule has 4 nitrogen and oxygen atoms in total. The first-order valence-electron chi connectivity index (χ1n) is 7.88. The number of pyridine rings is 1. The van der Waals surface area contributed by atoms with Crippen LogP contribution in [-0.4, -0.2) is 35.4 Å². The second-order valence-electron chi connectivity index (χ2n) is 5.72. The minimum absolute atomic E-state index is 0.107. The van der Waals surface area contributed by atoms with Crippen molar-refractivity contribution >= 4 is 5.91 Å². The Morgan fingerprint density at radius 3 is 2.91 bits per heavy atom. The van der Waals surface area contributed by atoms with Crippen molar-refractivity contribution in [1.29, 1.82) is 0 Å². The molecule has 2 heterocycles. The van der Waals surface area contributed by atoms with Crippen molar-refractivity contribution < 1.29 is 9.18 Å². The van der Waals surface area contributed by atoms with E-state index in [2.05, 4.69) is 10.3 Å². The fourth-order valence-electron chi connectivity index (χ4n) is 2.96. The molecule has 120 valence electrons. The summed E-state index contributed by atoms with van der Waals surface area (Å²) in [5.41, 5.74) is 1.94. The number of aryl methyl sites for hydroxylation is 1. The summed E-state index contributed by atoms with van der Waals surface area (Å²) in [4.78, 5) is 18.5. The molecule has 1 saturated heterocycles. The fraction of sp³-hybridized carbons (Fsp3) is 0.333. The Morgan fingerprint density at radius 1 is 1.30 bits per heavy atom. The highest BCUT2D eigenvalue weighted by Crippen LogP contribution is 2.24. The number of amides is 1. The van der Waals surface area contributed by atoms with E-state index in [0.29, 0.717) is 25.9 Å². The van der Waals surface area contributed by atoms with E-state index in [9.17, 15) is 9.18 Å². The first-order valence-corrected chi connectivity index (χ1v) is 7.88. The second kappa shape index (κ2) is 7.33. The Kier molecular flexibility index (Phi) is 4.98. The van der Waals surface area contributed by atoms with Gasteiger partial charge in [0.2, 0.25) is 5.91 Å². The Labute approximate surface area is 135 Å². The summed E-state index contributed by atoms with van der Waals surface area (Å²) in [6.45, 7) is 2.08. The molecule has 0 spiro atoms. The molecular weight excluding hydrogens is 293 g/mol. The number of halogens is 1. The van der Waals surface area contributed by atoms with Crippen molar-refractivity contribution in [3.05, 3.63) is 65.7 Å². The zero-order valence-corrected chi connectivity index (χ0v) is 12.9. The molecule has 1 unspecified atom stereocenters. The minimum Gasteiger partial charge on any atom is -0.333 e. The largest absolute Gasteiger partial charge is 0.333 e. The lowest BCUT2D eigenvalue weighted by Crippen LogP contribution is -2.48. The number of hydrogen-bond donors (Lipinski definition) is 1. The van der Waals surface area contributed by atoms with Crippen molar-refractivity contribution in [2.75, 3.05) is 19.6 Å². The summed E-state index contributed by atoms with van der Waals surface area (Å²) in [5.74, 6) is -0.158. The van der Waals surface area contributed by atoms with Crippen molar-refractivity contribution in [2.24, 2.45) is 0 Å². The zero-order chi connectivity index (χ0) is 16.1. The van der Waals surface area contributed by atoms with E-state index in [1.165, 1.54) is 12.1 Å². The van der Waals surface area contributed by atoms with Crippen LogP contribution in [0.15, 0.2) is 48.8 Å². The third kappa shape index (κ3) is 3.93. The van der Waals surface area contributed by atoms with Gasteiger partial charge in [-0.15, -0.1) is 0 Å². The molecule has 2 aromatic rings. The minimum atomic E-state index is -0.266. The van der Waals surface area contributed by atoms with Crippen LogP contribution in [0, 0.1) is 5.82 Å². The molecular formula is C18H20FN3O. The van der Waals surface area contributed by atoms with E-state index in [4.69, 9.17) is 0 Å². The summed E-state index contributed by atoms with van der Waals surface area (Å²) in [6, 6.07) is 10.3. The molecule has 0 bridgehead atoms. The Hall–Kier alpha value is -2.27. The lowest BCUT2D eigenvalue weighted by molar-refractivity contribution is -0.134. The molecule has 3 rings (SSSR count). The molecule has 1 atom stereocenters. The number of carbonyl (C=O) groups is 1. The monoisotopic (exact) mass is 313 g/mol. The van der Waals surface area contributed by atoms with Crippen LogP contribution < -0.4 is 5.32 Å². The molecule has 1 N–H and O–H groups in total. The average molecular weight is 313 g/mol. The standard InChI is InChI=1S/C18H20FN3O/c19-16-3-1-2-15(12-16)17-13-21-10-11-22(17)18(23)5-4-14-6-8-20-9-7-14/h1-3,6-9,12,17,21H,4-5,10-11,13H2. The quantitative estimate of drug-likeness (QED) is 0.942. The lowest BCUT2D eigenvalue weighted by atomic mass is 10.0. The fourth-order valence-corrected chi connectivity index (χ4v) is 2.96. The molecule has 23 heavy (non-hydrogen) atoms. The number of rotatable bonds is 4. The van der Waals surface area contributed by atoms with Gasteiger partial charge >= 0.3 is 0 Å². The number of benzene rings is 1. The van der Waals surface area contributed by atoms with Gasteiger partial charge in [0.25, 0.3) is 0 Å². The van der Waals surface area contributed by atoms with Crippen LogP contribution in [0.25, 0.3) is 0 Å². The maximum atomic E-state index is 13.5. The Balaban J connectivity index is 1.69. The molecule has 1 aromatic carbocycles. The maximum Gasteiger partial charge on any atom is 0.223 e. The van der Waals surface area contributed by atoms with Crippen LogP contribution in [0.2, 0.25) is 0 Å². The molecule has 0 radical (unpaired) electrons. The lowest BCUT2D eigenvalue weighted by Gasteiger charge is -2.36. The number of nitrogens with zero attached hydrogens (tertiary/aromatic N) is 2. The van der Waals surface area contributed by atoms with E-state index in [1.54, 1.807) is 18.5 Å². The second-order valence-corrected chi connectivity index (χ2v) is 5.72. The smallest absolute Gasteiger partial charge is 0.223 e. The predicted molar refractivity (Wildman–Crippen MR) is 86.3 cm³/mol. The highest BCUT2D eigenvalue weighted by atomic mass is 19.1. The first-order chi connectivity index (χ1) is 11.2. The van der Waals surface area contributed by atoms with Gasteiger partial charge < -0.3 is 10.2 Å². The third-order valence-corrected chi connectivity index (χ3v) is 4.17. The molecule has 1 aliphatic rings. The summed E-state index contributed by atoms with van der Waals surface area (Å²) in [6.07, 6.45) is 4.62. The highest BCUT2D eigenvalue weighted by Gasteiger charge is 2.27. The molecule has 1 aliphatic heterocycles. The van der Waals surface area contributed by atoms with E-state index in [0.717, 1.165) is 17.7 Å². The van der Waals surface area contributed by atoms with Gasteiger partial charge in [-0.3, -0.25) is 9.78 Å². The van der Waals surface area contributed by atoms with Gasteiger partial charge in [0.1, 0.15) is 5.82 Å². The average Bonchev–Trinajstić information content (AvgIpc) is 2.60. The maximum absolute atomic E-state index is 13.5. The molecule has 0 aliphatic carbocycles. The van der Waals surface area contributed by atoms with E-state index in [-0.39, 0.29) is 17.8 Å². The summed E-state index contributed by atoms with van der Waals surface area (Å²) in [7, 11) is 0. The molecule has 1 aromatic heterocycles. The van der Waals surface area contributed by atoms with E-state index < -0.39 is 0 Å². The van der Waals surface area contributed by atoms with E-state index in [1.807, 2.05) is 23.1 Å². The van der Waals surface area contributed by atoms with Crippen LogP contribution in [0.3, 0.4) is 0 Å². The van der Waals surface area contributed by atoms with E-state index >= 15 is 0 Å². The first kappa shape index (κ1) is 15.6. The number of nitrogens with one attached hydrogen (secondary N) is 1. The number of aromatic nitrogens is 1. The highest BCUT2D eigenvalue weighted by molar-refractivity contribution is 5.77. The Morgan fingerprint density at radius 2 is 2.13 bits per heavy atom. The van der Waals surface area contributed by atoms with Gasteiger partial charge in [-0.05, 0) is 41.8 Å². The molecule has 0 saturated carbocycles. The molecule has 1 amide bonds. The Bertz CT molecular complexity index is 662. The third-order valence-electron chi connectivity index (χ3n) is 4.17. The normalized spacial score (nSPS) is 18.0. The summed E-state index contributed by atoms with van der Waals surface area (Å²) >= 11 is 0. The van der Waals surface area contributed by atoms with Gasteiger partial charge in [-0.2, -0.15) is 0 Å². The molecule has 1 fully saturated rings. The number of piperazine rings is 1. The van der Waals surface area contributed by atoms with Gasteiger partial charge in [0, 0.05) is 38.4 Å².